The van der Waals surface area contributed by atoms with Gasteiger partial charge in [0.15, 0.2) is 0 Å². The van der Waals surface area contributed by atoms with Crippen molar-refractivity contribution < 1.29 is 98.7 Å². The second kappa shape index (κ2) is 20.9. The summed E-state index contributed by atoms with van der Waals surface area (Å²) >= 11 is 0. The first-order valence-corrected chi connectivity index (χ1v) is 6.09. The van der Waals surface area contributed by atoms with Crippen molar-refractivity contribution in [3.8, 4) is 0 Å². The second-order valence-electron chi connectivity index (χ2n) is 3.95. The van der Waals surface area contributed by atoms with Gasteiger partial charge in [-0.25, -0.2) is 0 Å². The summed E-state index contributed by atoms with van der Waals surface area (Å²) in [6, 6.07) is 0. The van der Waals surface area contributed by atoms with Crippen LogP contribution in [-0.4, -0.2) is 34.1 Å². The summed E-state index contributed by atoms with van der Waals surface area (Å²) in [4.78, 5) is 39.3. The number of carbonyl (C=O) groups is 4. The van der Waals surface area contributed by atoms with Gasteiger partial charge in [-0.3, -0.25) is 9.59 Å². The minimum absolute atomic E-state index is 0. The average molecular weight is 336 g/mol. The molecule has 116 valence electrons. The first-order valence-electron chi connectivity index (χ1n) is 6.09. The third kappa shape index (κ3) is 36.8. The number of aliphatic carboxylic acids is 4. The van der Waals surface area contributed by atoms with Crippen molar-refractivity contribution in [3.05, 3.63) is 0 Å². The SMILES string of the molecule is O=C(O)CCCCC(=O)O.O=C([O-])CCCCC(=O)[O-].[Na+].[Na+]. The van der Waals surface area contributed by atoms with Crippen molar-refractivity contribution in [2.45, 2.75) is 51.4 Å². The van der Waals surface area contributed by atoms with E-state index in [4.69, 9.17) is 10.2 Å². The third-order valence-corrected chi connectivity index (χ3v) is 2.04. The Morgan fingerprint density at radius 2 is 0.818 bits per heavy atom. The Labute approximate surface area is 172 Å². The average Bonchev–Trinajstić information content (AvgIpc) is 2.30. The van der Waals surface area contributed by atoms with Gasteiger partial charge >= 0.3 is 71.1 Å². The predicted molar refractivity (Wildman–Crippen MR) is 62.2 cm³/mol. The molecule has 0 heterocycles. The molecule has 0 amide bonds. The summed E-state index contributed by atoms with van der Waals surface area (Å²) in [5.41, 5.74) is 0. The Hall–Kier alpha value is -0.120. The smallest absolute Gasteiger partial charge is 0.550 e. The molecule has 0 unspecified atom stereocenters. The molecule has 8 nitrogen and oxygen atoms in total. The quantitative estimate of drug-likeness (QED) is 0.294. The fraction of sp³-hybridized carbons (Fsp3) is 0.667. The van der Waals surface area contributed by atoms with Gasteiger partial charge in [-0.15, -0.1) is 0 Å². The van der Waals surface area contributed by atoms with Crippen molar-refractivity contribution in [1.82, 2.24) is 0 Å². The molecule has 10 heteroatoms. The number of carboxylic acid groups (broad SMARTS) is 4. The van der Waals surface area contributed by atoms with Crippen LogP contribution in [0, 0.1) is 0 Å². The minimum Gasteiger partial charge on any atom is -0.550 e. The Morgan fingerprint density at radius 1 is 0.591 bits per heavy atom. The van der Waals surface area contributed by atoms with Gasteiger partial charge in [-0.2, -0.15) is 0 Å². The van der Waals surface area contributed by atoms with E-state index in [0.717, 1.165) is 0 Å². The van der Waals surface area contributed by atoms with Crippen molar-refractivity contribution in [2.75, 3.05) is 0 Å². The van der Waals surface area contributed by atoms with Gasteiger partial charge in [0.25, 0.3) is 0 Å². The molecule has 0 saturated heterocycles. The van der Waals surface area contributed by atoms with Crippen molar-refractivity contribution in [3.63, 3.8) is 0 Å². The molecule has 0 aromatic carbocycles. The molecule has 0 aromatic heterocycles. The summed E-state index contributed by atoms with van der Waals surface area (Å²) in [5, 5.41) is 35.8. The topological polar surface area (TPSA) is 155 Å². The van der Waals surface area contributed by atoms with Crippen LogP contribution in [0.25, 0.3) is 0 Å². The molecule has 0 aromatic rings. The normalized spacial score (nSPS) is 8.36. The Bertz CT molecular complexity index is 269. The molecule has 0 atom stereocenters. The third-order valence-electron chi connectivity index (χ3n) is 2.04. The Balaban J connectivity index is -0.000000135. The van der Waals surface area contributed by atoms with Crippen LogP contribution >= 0.6 is 0 Å². The maximum absolute atomic E-state index is 9.90. The van der Waals surface area contributed by atoms with E-state index >= 15 is 0 Å². The summed E-state index contributed by atoms with van der Waals surface area (Å²) < 4.78 is 0. The Kier molecular flexibility index (Phi) is 28.3. The molecule has 0 aliphatic heterocycles. The molecule has 0 spiro atoms. The van der Waals surface area contributed by atoms with Crippen LogP contribution in [-0.2, 0) is 19.2 Å². The van der Waals surface area contributed by atoms with Gasteiger partial charge in [-0.05, 0) is 38.5 Å². The standard InChI is InChI=1S/2C6H10O4.2Na/c2*7-5(8)3-1-2-4-6(9)10;;/h2*1-4H2,(H,7,8)(H,9,10);;/q;;2*+1/p-2. The summed E-state index contributed by atoms with van der Waals surface area (Å²) in [7, 11) is 0. The van der Waals surface area contributed by atoms with E-state index in [1.807, 2.05) is 0 Å². The molecule has 0 aliphatic carbocycles. The molecular formula is C12H18Na2O8. The molecule has 0 radical (unpaired) electrons. The molecular weight excluding hydrogens is 318 g/mol. The zero-order valence-electron chi connectivity index (χ0n) is 13.0. The van der Waals surface area contributed by atoms with E-state index in [0.29, 0.717) is 25.7 Å². The van der Waals surface area contributed by atoms with Crippen molar-refractivity contribution in [1.29, 1.82) is 0 Å². The van der Waals surface area contributed by atoms with E-state index in [1.165, 1.54) is 0 Å². The maximum atomic E-state index is 9.90. The van der Waals surface area contributed by atoms with Gasteiger partial charge in [0, 0.05) is 24.8 Å². The first kappa shape index (κ1) is 29.8. The van der Waals surface area contributed by atoms with Crippen LogP contribution in [0.3, 0.4) is 0 Å². The van der Waals surface area contributed by atoms with Crippen LogP contribution in [0.15, 0.2) is 0 Å². The summed E-state index contributed by atoms with van der Waals surface area (Å²) in [5.74, 6) is -4.02. The minimum atomic E-state index is -1.14. The largest absolute Gasteiger partial charge is 1.00 e. The van der Waals surface area contributed by atoms with E-state index in [9.17, 15) is 29.4 Å². The zero-order chi connectivity index (χ0) is 16.0. The first-order chi connectivity index (χ1) is 9.25. The molecule has 22 heavy (non-hydrogen) atoms. The number of hydrogen-bond donors (Lipinski definition) is 2. The number of rotatable bonds is 10. The van der Waals surface area contributed by atoms with Crippen LogP contribution in [0.5, 0.6) is 0 Å². The van der Waals surface area contributed by atoms with E-state index in [-0.39, 0.29) is 84.8 Å². The predicted octanol–water partition coefficient (Wildman–Crippen LogP) is -7.23. The number of unbranched alkanes of at least 4 members (excludes halogenated alkanes) is 2. The zero-order valence-corrected chi connectivity index (χ0v) is 17.0. The maximum Gasteiger partial charge on any atom is 1.00 e. The Morgan fingerprint density at radius 3 is 1.00 bits per heavy atom. The second-order valence-corrected chi connectivity index (χ2v) is 3.95. The van der Waals surface area contributed by atoms with Gasteiger partial charge in [0.2, 0.25) is 0 Å². The van der Waals surface area contributed by atoms with Gasteiger partial charge in [0.05, 0.1) is 0 Å². The van der Waals surface area contributed by atoms with Crippen LogP contribution in [0.2, 0.25) is 0 Å². The molecule has 0 saturated carbocycles. The van der Waals surface area contributed by atoms with Crippen LogP contribution in [0.1, 0.15) is 51.4 Å². The fourth-order valence-electron chi connectivity index (χ4n) is 1.09. The van der Waals surface area contributed by atoms with Gasteiger partial charge in [-0.1, -0.05) is 0 Å². The van der Waals surface area contributed by atoms with Crippen molar-refractivity contribution in [2.24, 2.45) is 0 Å². The van der Waals surface area contributed by atoms with Crippen LogP contribution < -0.4 is 69.3 Å². The summed E-state index contributed by atoms with van der Waals surface area (Å²) in [6.07, 6.45) is 1.55. The van der Waals surface area contributed by atoms with Gasteiger partial charge < -0.3 is 30.0 Å². The number of hydrogen-bond acceptors (Lipinski definition) is 6. The summed E-state index contributed by atoms with van der Waals surface area (Å²) in [6.45, 7) is 0. The molecule has 0 aliphatic rings. The number of carboxylic acids is 4. The molecule has 0 bridgehead atoms. The van der Waals surface area contributed by atoms with E-state index in [1.54, 1.807) is 0 Å². The molecule has 0 rings (SSSR count). The molecule has 2 N–H and O–H groups in total. The fourth-order valence-corrected chi connectivity index (χ4v) is 1.09. The number of carbonyl (C=O) groups excluding carboxylic acids is 2. The van der Waals surface area contributed by atoms with Gasteiger partial charge in [0.1, 0.15) is 0 Å². The van der Waals surface area contributed by atoms with Crippen molar-refractivity contribution >= 4 is 23.9 Å². The van der Waals surface area contributed by atoms with E-state index in [2.05, 4.69) is 0 Å². The van der Waals surface area contributed by atoms with E-state index < -0.39 is 23.9 Å². The molecule has 0 fully saturated rings. The monoisotopic (exact) mass is 336 g/mol. The van der Waals surface area contributed by atoms with Crippen LogP contribution in [0.4, 0.5) is 0 Å².